The van der Waals surface area contributed by atoms with Crippen LogP contribution in [-0.2, 0) is 40.1 Å². The van der Waals surface area contributed by atoms with Crippen LogP contribution in [0.5, 0.6) is 0 Å². The Morgan fingerprint density at radius 3 is 2.67 bits per heavy atom. The molecule has 2 aromatic rings. The molecule has 12 heteroatoms. The monoisotopic (exact) mass is 526 g/mol. The molecule has 3 N–H and O–H groups in total. The molecule has 1 amide bonds. The molecule has 0 saturated carbocycles. The highest BCUT2D eigenvalue weighted by Crippen LogP contribution is 2.38. The molecule has 2 atom stereocenters. The van der Waals surface area contributed by atoms with Crippen LogP contribution in [0, 0.1) is 0 Å². The number of anilines is 1. The third-order valence-electron chi connectivity index (χ3n) is 5.82. The van der Waals surface area contributed by atoms with Crippen LogP contribution in [0.25, 0.3) is 0 Å². The highest BCUT2D eigenvalue weighted by Gasteiger charge is 2.31. The number of nitrogens with zero attached hydrogens (tertiary/aromatic N) is 2. The Hall–Kier alpha value is -2.83. The molecule has 0 spiro atoms. The van der Waals surface area contributed by atoms with Gasteiger partial charge in [-0.25, -0.2) is 4.98 Å². The number of H-pyrrole nitrogens is 1. The molecule has 0 bridgehead atoms. The number of rotatable bonds is 2. The van der Waals surface area contributed by atoms with Gasteiger partial charge in [0.1, 0.15) is 11.5 Å². The van der Waals surface area contributed by atoms with Crippen LogP contribution in [0.3, 0.4) is 0 Å². The highest BCUT2D eigenvalue weighted by molar-refractivity contribution is 7.99. The van der Waals surface area contributed by atoms with Crippen molar-refractivity contribution < 1.29 is 27.4 Å². The normalized spacial score (nSPS) is 20.3. The van der Waals surface area contributed by atoms with Gasteiger partial charge in [0.25, 0.3) is 0 Å². The summed E-state index contributed by atoms with van der Waals surface area (Å²) < 4.78 is 46.4. The van der Waals surface area contributed by atoms with E-state index in [1.54, 1.807) is 16.7 Å². The maximum absolute atomic E-state index is 11.8. The van der Waals surface area contributed by atoms with E-state index < -0.39 is 17.4 Å². The number of ether oxygens (including phenoxy) is 2. The summed E-state index contributed by atoms with van der Waals surface area (Å²) in [7, 11) is 0. The van der Waals surface area contributed by atoms with Gasteiger partial charge in [-0.3, -0.25) is 9.59 Å². The second-order valence-electron chi connectivity index (χ2n) is 8.18. The molecule has 1 unspecified atom stereocenters. The lowest BCUT2D eigenvalue weighted by Crippen LogP contribution is -2.33. The number of nitrogens with one attached hydrogen (secondary N) is 1. The van der Waals surface area contributed by atoms with Gasteiger partial charge in [0, 0.05) is 18.2 Å². The molecule has 196 valence electrons. The summed E-state index contributed by atoms with van der Waals surface area (Å²) in [5.41, 5.74) is 8.81. The number of alkyl halides is 3. The van der Waals surface area contributed by atoms with Crippen molar-refractivity contribution in [2.75, 3.05) is 25.1 Å². The molecule has 36 heavy (non-hydrogen) atoms. The number of amides is 1. The fraction of sp³-hybridized carbons (Fsp3) is 0.458. The lowest BCUT2D eigenvalue weighted by atomic mass is 9.97. The number of aromatic amines is 1. The second-order valence-corrected chi connectivity index (χ2v) is 9.14. The van der Waals surface area contributed by atoms with Crippen molar-refractivity contribution >= 4 is 24.0 Å². The topological polar surface area (TPSA) is 111 Å². The van der Waals surface area contributed by atoms with Crippen LogP contribution in [0.15, 0.2) is 35.1 Å². The van der Waals surface area contributed by atoms with Gasteiger partial charge >= 0.3 is 6.18 Å². The molecule has 8 nitrogen and oxygen atoms in total. The number of thioether (sulfide) groups is 1. The minimum Gasteiger partial charge on any atom is -0.383 e. The van der Waals surface area contributed by atoms with Crippen molar-refractivity contribution in [1.82, 2.24) is 14.9 Å². The summed E-state index contributed by atoms with van der Waals surface area (Å²) in [5, 5.41) is 0.270. The average molecular weight is 527 g/mol. The lowest BCUT2D eigenvalue weighted by Gasteiger charge is -2.26. The van der Waals surface area contributed by atoms with E-state index in [1.807, 2.05) is 18.1 Å². The molecular formula is C24H29F3N4O4S. The number of aromatic nitrogens is 2. The van der Waals surface area contributed by atoms with E-state index in [1.165, 1.54) is 11.1 Å². The van der Waals surface area contributed by atoms with Crippen molar-refractivity contribution in [3.63, 3.8) is 0 Å². The van der Waals surface area contributed by atoms with Crippen molar-refractivity contribution in [3.8, 4) is 0 Å². The van der Waals surface area contributed by atoms with Gasteiger partial charge in [-0.15, -0.1) is 11.8 Å². The van der Waals surface area contributed by atoms with E-state index in [4.69, 9.17) is 15.2 Å². The Morgan fingerprint density at radius 1 is 1.28 bits per heavy atom. The van der Waals surface area contributed by atoms with Gasteiger partial charge in [-0.05, 0) is 43.2 Å². The molecular weight excluding hydrogens is 497 g/mol. The Bertz CT molecular complexity index is 1140. The number of hydrogen-bond acceptors (Lipinski definition) is 7. The van der Waals surface area contributed by atoms with E-state index in [9.17, 15) is 22.8 Å². The van der Waals surface area contributed by atoms with E-state index in [-0.39, 0.29) is 11.5 Å². The van der Waals surface area contributed by atoms with Crippen LogP contribution in [0.4, 0.5) is 19.0 Å². The average Bonchev–Trinajstić information content (AvgIpc) is 3.27. The minimum absolute atomic E-state index is 0.0839. The third-order valence-corrected chi connectivity index (χ3v) is 6.73. The number of carbonyl (C=O) groups excluding carboxylic acids is 1. The van der Waals surface area contributed by atoms with Crippen LogP contribution in [0.1, 0.15) is 47.5 Å². The Kier molecular flexibility index (Phi) is 9.57. The Balaban J connectivity index is 0.000000155. The fourth-order valence-electron chi connectivity index (χ4n) is 4.05. The van der Waals surface area contributed by atoms with Gasteiger partial charge < -0.3 is 25.1 Å². The predicted molar refractivity (Wildman–Crippen MR) is 131 cm³/mol. The van der Waals surface area contributed by atoms with Gasteiger partial charge in [-0.1, -0.05) is 18.2 Å². The van der Waals surface area contributed by atoms with E-state index >= 15 is 0 Å². The number of carbonyl (C=O) groups is 1. The van der Waals surface area contributed by atoms with Gasteiger partial charge in [0.15, 0.2) is 0 Å². The molecule has 0 fully saturated rings. The lowest BCUT2D eigenvalue weighted by molar-refractivity contribution is -0.141. The first-order valence-electron chi connectivity index (χ1n) is 11.3. The molecule has 5 rings (SSSR count). The fourth-order valence-corrected chi connectivity index (χ4v) is 4.74. The van der Waals surface area contributed by atoms with Gasteiger partial charge in [-0.2, -0.15) is 13.2 Å². The van der Waals surface area contributed by atoms with E-state index in [2.05, 4.69) is 17.1 Å². The van der Waals surface area contributed by atoms with Crippen LogP contribution >= 0.6 is 11.8 Å². The van der Waals surface area contributed by atoms with Crippen LogP contribution < -0.4 is 11.3 Å². The number of nitrogen functional groups attached to an aromatic ring is 1. The Morgan fingerprint density at radius 2 is 2.06 bits per heavy atom. The number of hydrogen-bond donors (Lipinski definition) is 2. The van der Waals surface area contributed by atoms with Gasteiger partial charge in [0.2, 0.25) is 12.0 Å². The number of pyridine rings is 2. The first kappa shape index (κ1) is 27.8. The maximum Gasteiger partial charge on any atom is 0.431 e. The predicted octanol–water partition coefficient (Wildman–Crippen LogP) is 3.82. The zero-order valence-electron chi connectivity index (χ0n) is 20.0. The van der Waals surface area contributed by atoms with E-state index in [0.29, 0.717) is 19.0 Å². The Labute approximate surface area is 211 Å². The maximum atomic E-state index is 11.8. The van der Waals surface area contributed by atoms with Crippen molar-refractivity contribution in [2.45, 2.75) is 50.6 Å². The van der Waals surface area contributed by atoms with Crippen molar-refractivity contribution in [3.05, 3.63) is 68.8 Å². The first-order valence-corrected chi connectivity index (χ1v) is 12.6. The SMILES string of the molecule is CSC1C=CCCN1C=O.C[C@H]1OCc2c3c(nc(N)c21)COCC3.O=c1cccc(C(F)(F)F)[nH]1. The standard InChI is InChI=1S/C11H14N2O2.C7H11NOS.C6H4F3NO/c1-6-10-8(4-15-6)7-2-3-14-5-9(7)13-11(10)12;1-10-7-4-2-3-5-8(7)6-9;7-6(8,9)4-2-1-3-5(11)10-4/h6H,2-5H2,1H3,(H2,12,13);2,4,6-7H,3,5H2,1H3;1-3H,(H,10,11)/t6-;;/m1../s1. The zero-order valence-corrected chi connectivity index (χ0v) is 20.8. The molecule has 0 aliphatic carbocycles. The van der Waals surface area contributed by atoms with Crippen molar-refractivity contribution in [1.29, 1.82) is 0 Å². The molecule has 0 aromatic carbocycles. The van der Waals surface area contributed by atoms with Gasteiger partial charge in [0.05, 0.1) is 37.0 Å². The number of fused-ring (bicyclic) bond motifs is 3. The summed E-state index contributed by atoms with van der Waals surface area (Å²) in [6, 6.07) is 2.89. The summed E-state index contributed by atoms with van der Waals surface area (Å²) in [5.74, 6) is 0.610. The molecule has 3 aliphatic rings. The molecule has 0 radical (unpaired) electrons. The zero-order chi connectivity index (χ0) is 26.3. The molecule has 5 heterocycles. The third kappa shape index (κ3) is 6.89. The van der Waals surface area contributed by atoms with Crippen LogP contribution in [0.2, 0.25) is 0 Å². The largest absolute Gasteiger partial charge is 0.431 e. The number of halogens is 3. The van der Waals surface area contributed by atoms with E-state index in [0.717, 1.165) is 61.9 Å². The smallest absolute Gasteiger partial charge is 0.383 e. The summed E-state index contributed by atoms with van der Waals surface area (Å²) in [4.78, 5) is 28.7. The van der Waals surface area contributed by atoms with Crippen molar-refractivity contribution in [2.24, 2.45) is 0 Å². The second kappa shape index (κ2) is 12.4. The quantitative estimate of drug-likeness (QED) is 0.452. The number of nitrogens with two attached hydrogens (primary N) is 1. The molecule has 3 aliphatic heterocycles. The molecule has 2 aromatic heterocycles. The minimum atomic E-state index is -4.47. The molecule has 0 saturated heterocycles. The summed E-state index contributed by atoms with van der Waals surface area (Å²) in [6.07, 6.45) is 4.67. The first-order chi connectivity index (χ1) is 17.2. The van der Waals surface area contributed by atoms with Crippen LogP contribution in [-0.4, -0.2) is 46.1 Å². The highest BCUT2D eigenvalue weighted by atomic mass is 32.2. The summed E-state index contributed by atoms with van der Waals surface area (Å²) in [6.45, 7) is 4.92. The summed E-state index contributed by atoms with van der Waals surface area (Å²) >= 11 is 1.69.